The number of nitrogens with zero attached hydrogens (tertiary/aromatic N) is 1. The molecule has 1 aliphatic heterocycles. The van der Waals surface area contributed by atoms with Gasteiger partial charge in [-0.05, 0) is 19.1 Å². The zero-order valence-corrected chi connectivity index (χ0v) is 10.2. The number of rotatable bonds is 3. The van der Waals surface area contributed by atoms with Crippen LogP contribution in [-0.2, 0) is 4.79 Å². The lowest BCUT2D eigenvalue weighted by atomic mass is 10.2. The number of hydrogen-bond donors (Lipinski definition) is 2. The molecule has 4 nitrogen and oxygen atoms in total. The summed E-state index contributed by atoms with van der Waals surface area (Å²) in [5.74, 6) is 0.0980. The lowest BCUT2D eigenvalue weighted by Gasteiger charge is -2.28. The summed E-state index contributed by atoms with van der Waals surface area (Å²) in [4.78, 5) is 15.8. The summed E-state index contributed by atoms with van der Waals surface area (Å²) in [6.07, 6.45) is 0. The minimum atomic E-state index is 0.0181. The van der Waals surface area contributed by atoms with E-state index in [9.17, 15) is 4.79 Å². The van der Waals surface area contributed by atoms with Gasteiger partial charge in [-0.15, -0.1) is 11.3 Å². The van der Waals surface area contributed by atoms with Crippen LogP contribution >= 0.6 is 11.3 Å². The SMILES string of the molecule is Cc1ccc(C(N)CN2CCNC(=O)C2)s1. The van der Waals surface area contributed by atoms with E-state index in [2.05, 4.69) is 29.3 Å². The average molecular weight is 239 g/mol. The molecular weight excluding hydrogens is 222 g/mol. The van der Waals surface area contributed by atoms with Gasteiger partial charge in [-0.25, -0.2) is 0 Å². The highest BCUT2D eigenvalue weighted by Gasteiger charge is 2.19. The first-order valence-corrected chi connectivity index (χ1v) is 6.28. The highest BCUT2D eigenvalue weighted by Crippen LogP contribution is 2.21. The first-order chi connectivity index (χ1) is 7.65. The third-order valence-corrected chi connectivity index (χ3v) is 3.83. The number of nitrogens with one attached hydrogen (secondary N) is 1. The highest BCUT2D eigenvalue weighted by molar-refractivity contribution is 7.12. The molecule has 0 aliphatic carbocycles. The van der Waals surface area contributed by atoms with Crippen molar-refractivity contribution in [3.63, 3.8) is 0 Å². The molecule has 1 aromatic rings. The topological polar surface area (TPSA) is 58.4 Å². The Morgan fingerprint density at radius 2 is 2.44 bits per heavy atom. The Kier molecular flexibility index (Phi) is 3.58. The summed E-state index contributed by atoms with van der Waals surface area (Å²) in [5.41, 5.74) is 6.12. The summed E-state index contributed by atoms with van der Waals surface area (Å²) in [5, 5.41) is 2.81. The Bertz CT molecular complexity index is 377. The van der Waals surface area contributed by atoms with Crippen molar-refractivity contribution in [3.8, 4) is 0 Å². The van der Waals surface area contributed by atoms with Crippen LogP contribution in [0.4, 0.5) is 0 Å². The van der Waals surface area contributed by atoms with Crippen molar-refractivity contribution in [1.82, 2.24) is 10.2 Å². The largest absolute Gasteiger partial charge is 0.354 e. The summed E-state index contributed by atoms with van der Waals surface area (Å²) < 4.78 is 0. The fourth-order valence-corrected chi connectivity index (χ4v) is 2.74. The van der Waals surface area contributed by atoms with E-state index in [0.717, 1.165) is 19.6 Å². The monoisotopic (exact) mass is 239 g/mol. The van der Waals surface area contributed by atoms with E-state index in [-0.39, 0.29) is 11.9 Å². The van der Waals surface area contributed by atoms with Gasteiger partial charge < -0.3 is 11.1 Å². The van der Waals surface area contributed by atoms with E-state index in [1.807, 2.05) is 0 Å². The predicted molar refractivity (Wildman–Crippen MR) is 65.4 cm³/mol. The van der Waals surface area contributed by atoms with Crippen molar-refractivity contribution in [2.75, 3.05) is 26.2 Å². The summed E-state index contributed by atoms with van der Waals surface area (Å²) in [6.45, 7) is 4.93. The van der Waals surface area contributed by atoms with E-state index in [1.54, 1.807) is 11.3 Å². The molecule has 1 amide bonds. The van der Waals surface area contributed by atoms with Crippen molar-refractivity contribution in [1.29, 1.82) is 0 Å². The first kappa shape index (κ1) is 11.6. The van der Waals surface area contributed by atoms with Gasteiger partial charge in [-0.2, -0.15) is 0 Å². The number of aryl methyl sites for hydroxylation is 1. The molecule has 2 rings (SSSR count). The van der Waals surface area contributed by atoms with E-state index < -0.39 is 0 Å². The van der Waals surface area contributed by atoms with Crippen molar-refractivity contribution < 1.29 is 4.79 Å². The molecule has 5 heteroatoms. The number of nitrogens with two attached hydrogens (primary N) is 1. The molecular formula is C11H17N3OS. The Balaban J connectivity index is 1.91. The van der Waals surface area contributed by atoms with Gasteiger partial charge in [0.1, 0.15) is 0 Å². The second-order valence-electron chi connectivity index (χ2n) is 4.14. The number of hydrogen-bond acceptors (Lipinski definition) is 4. The highest BCUT2D eigenvalue weighted by atomic mass is 32.1. The van der Waals surface area contributed by atoms with Gasteiger partial charge in [-0.3, -0.25) is 9.69 Å². The molecule has 0 spiro atoms. The lowest BCUT2D eigenvalue weighted by molar-refractivity contribution is -0.124. The Morgan fingerprint density at radius 3 is 3.06 bits per heavy atom. The fraction of sp³-hybridized carbons (Fsp3) is 0.545. The van der Waals surface area contributed by atoms with Gasteiger partial charge >= 0.3 is 0 Å². The second-order valence-corrected chi connectivity index (χ2v) is 5.46. The molecule has 1 atom stereocenters. The molecule has 0 bridgehead atoms. The van der Waals surface area contributed by atoms with Gasteiger partial charge in [0, 0.05) is 29.4 Å². The van der Waals surface area contributed by atoms with Crippen LogP contribution in [0.1, 0.15) is 15.8 Å². The third-order valence-electron chi connectivity index (χ3n) is 2.70. The van der Waals surface area contributed by atoms with E-state index in [4.69, 9.17) is 5.73 Å². The minimum absolute atomic E-state index is 0.0181. The van der Waals surface area contributed by atoms with Crippen LogP contribution in [-0.4, -0.2) is 37.0 Å². The Morgan fingerprint density at radius 1 is 1.62 bits per heavy atom. The van der Waals surface area contributed by atoms with Gasteiger partial charge in [0.25, 0.3) is 0 Å². The van der Waals surface area contributed by atoms with E-state index >= 15 is 0 Å². The van der Waals surface area contributed by atoms with Crippen LogP contribution in [0.2, 0.25) is 0 Å². The zero-order valence-electron chi connectivity index (χ0n) is 9.40. The number of carbonyl (C=O) groups excluding carboxylic acids is 1. The van der Waals surface area contributed by atoms with Crippen LogP contribution in [0.5, 0.6) is 0 Å². The maximum Gasteiger partial charge on any atom is 0.234 e. The third kappa shape index (κ3) is 2.81. The quantitative estimate of drug-likeness (QED) is 0.807. The summed E-state index contributed by atoms with van der Waals surface area (Å²) in [6, 6.07) is 4.18. The normalized spacial score (nSPS) is 19.5. The Labute approximate surface area is 99.4 Å². The number of amides is 1. The van der Waals surface area contributed by atoms with Crippen LogP contribution in [0.3, 0.4) is 0 Å². The molecule has 1 unspecified atom stereocenters. The number of piperazine rings is 1. The lowest BCUT2D eigenvalue weighted by Crippen LogP contribution is -2.49. The fourth-order valence-electron chi connectivity index (χ4n) is 1.87. The second kappa shape index (κ2) is 4.95. The van der Waals surface area contributed by atoms with Crippen molar-refractivity contribution in [3.05, 3.63) is 21.9 Å². The molecule has 1 fully saturated rings. The van der Waals surface area contributed by atoms with Crippen molar-refractivity contribution >= 4 is 17.2 Å². The molecule has 0 saturated carbocycles. The Hall–Kier alpha value is -0.910. The van der Waals surface area contributed by atoms with E-state index in [1.165, 1.54) is 9.75 Å². The maximum atomic E-state index is 11.2. The van der Waals surface area contributed by atoms with Crippen molar-refractivity contribution in [2.24, 2.45) is 5.73 Å². The smallest absolute Gasteiger partial charge is 0.234 e. The molecule has 1 aromatic heterocycles. The van der Waals surface area contributed by atoms with Crippen molar-refractivity contribution in [2.45, 2.75) is 13.0 Å². The van der Waals surface area contributed by atoms with Crippen LogP contribution in [0, 0.1) is 6.92 Å². The van der Waals surface area contributed by atoms with E-state index in [0.29, 0.717) is 6.54 Å². The predicted octanol–water partition coefficient (Wildman–Crippen LogP) is 0.488. The molecule has 0 aromatic carbocycles. The van der Waals surface area contributed by atoms with Crippen LogP contribution < -0.4 is 11.1 Å². The van der Waals surface area contributed by atoms with Crippen LogP contribution in [0.25, 0.3) is 0 Å². The molecule has 1 saturated heterocycles. The minimum Gasteiger partial charge on any atom is -0.354 e. The summed E-state index contributed by atoms with van der Waals surface area (Å²) in [7, 11) is 0. The molecule has 1 aliphatic rings. The number of carbonyl (C=O) groups is 1. The standard InChI is InChI=1S/C11H17N3OS/c1-8-2-3-10(16-8)9(12)6-14-5-4-13-11(15)7-14/h2-3,9H,4-7,12H2,1H3,(H,13,15). The van der Waals surface area contributed by atoms with Gasteiger partial charge in [0.05, 0.1) is 12.6 Å². The molecule has 3 N–H and O–H groups in total. The van der Waals surface area contributed by atoms with Gasteiger partial charge in [0.2, 0.25) is 5.91 Å². The van der Waals surface area contributed by atoms with Crippen LogP contribution in [0.15, 0.2) is 12.1 Å². The van der Waals surface area contributed by atoms with Gasteiger partial charge in [0.15, 0.2) is 0 Å². The molecule has 2 heterocycles. The maximum absolute atomic E-state index is 11.2. The molecule has 16 heavy (non-hydrogen) atoms. The zero-order chi connectivity index (χ0) is 11.5. The van der Waals surface area contributed by atoms with Gasteiger partial charge in [-0.1, -0.05) is 0 Å². The average Bonchev–Trinajstić information content (AvgIpc) is 2.65. The first-order valence-electron chi connectivity index (χ1n) is 5.46. The molecule has 0 radical (unpaired) electrons. The summed E-state index contributed by atoms with van der Waals surface area (Å²) >= 11 is 1.73. The molecule has 88 valence electrons. The number of thiophene rings is 1.